The Hall–Kier alpha value is -6.24. The lowest BCUT2D eigenvalue weighted by Gasteiger charge is -2.49. The van der Waals surface area contributed by atoms with Crippen molar-refractivity contribution in [2.24, 2.45) is 0 Å². The van der Waals surface area contributed by atoms with E-state index in [-0.39, 0.29) is 0 Å². The van der Waals surface area contributed by atoms with Gasteiger partial charge in [-0.2, -0.15) is 0 Å². The van der Waals surface area contributed by atoms with Crippen molar-refractivity contribution < 1.29 is 0 Å². The van der Waals surface area contributed by atoms with E-state index in [1.165, 1.54) is 110 Å². The zero-order chi connectivity index (χ0) is 35.6. The molecule has 0 N–H and O–H groups in total. The first-order valence-corrected chi connectivity index (χ1v) is 18.8. The summed E-state index contributed by atoms with van der Waals surface area (Å²) in [5.41, 5.74) is 17.3. The Kier molecular flexibility index (Phi) is 6.11. The van der Waals surface area contributed by atoms with Crippen LogP contribution in [0.3, 0.4) is 0 Å². The van der Waals surface area contributed by atoms with Crippen LogP contribution in [0.5, 0.6) is 0 Å². The van der Waals surface area contributed by atoms with Crippen molar-refractivity contribution in [2.75, 3.05) is 0 Å². The molecule has 0 fully saturated rings. The number of rotatable bonds is 2. The fraction of sp³-hybridized carbons (Fsp3) is 0.0943. The number of benzene rings is 8. The minimum Gasteiger partial charge on any atom is -0.0984 e. The second-order valence-electron chi connectivity index (χ2n) is 15.3. The maximum Gasteiger partial charge on any atom is 0.0720 e. The minimum atomic E-state index is -0.570. The molecule has 3 aliphatic carbocycles. The molecular formula is C53H38. The number of fused-ring (bicyclic) bond motifs is 19. The van der Waals surface area contributed by atoms with Gasteiger partial charge < -0.3 is 0 Å². The molecular weight excluding hydrogens is 637 g/mol. The lowest BCUT2D eigenvalue weighted by atomic mass is 9.51. The summed E-state index contributed by atoms with van der Waals surface area (Å²) in [6.45, 7) is 11.0. The Morgan fingerprint density at radius 2 is 0.868 bits per heavy atom. The average molecular weight is 675 g/mol. The molecule has 0 heterocycles. The van der Waals surface area contributed by atoms with Gasteiger partial charge in [0, 0.05) is 0 Å². The van der Waals surface area contributed by atoms with Gasteiger partial charge in [-0.25, -0.2) is 0 Å². The van der Waals surface area contributed by atoms with Gasteiger partial charge in [-0.05, 0) is 132 Å². The molecule has 0 aromatic heterocycles. The van der Waals surface area contributed by atoms with Gasteiger partial charge in [-0.1, -0.05) is 169 Å². The molecule has 0 heteroatoms. The van der Waals surface area contributed by atoms with E-state index in [4.69, 9.17) is 0 Å². The second kappa shape index (κ2) is 10.7. The van der Waals surface area contributed by atoms with Crippen LogP contribution in [0.1, 0.15) is 62.6 Å². The fourth-order valence-corrected chi connectivity index (χ4v) is 10.9. The summed E-state index contributed by atoms with van der Waals surface area (Å²) in [4.78, 5) is 0. The highest BCUT2D eigenvalue weighted by Crippen LogP contribution is 2.67. The van der Waals surface area contributed by atoms with Crippen LogP contribution in [0, 0.1) is 13.8 Å². The summed E-state index contributed by atoms with van der Waals surface area (Å²) < 4.78 is 0. The van der Waals surface area contributed by atoms with Crippen LogP contribution in [-0.4, -0.2) is 0 Å². The van der Waals surface area contributed by atoms with E-state index >= 15 is 0 Å². The molecule has 3 aliphatic rings. The van der Waals surface area contributed by atoms with Crippen LogP contribution in [0.4, 0.5) is 0 Å². The largest absolute Gasteiger partial charge is 0.0984 e. The molecule has 0 radical (unpaired) electrons. The molecule has 0 nitrogen and oxygen atoms in total. The van der Waals surface area contributed by atoms with Gasteiger partial charge >= 0.3 is 0 Å². The topological polar surface area (TPSA) is 0 Å². The number of hydrogen-bond donors (Lipinski definition) is 0. The molecule has 8 aromatic rings. The van der Waals surface area contributed by atoms with Crippen molar-refractivity contribution in [3.05, 3.63) is 232 Å². The lowest BCUT2D eigenvalue weighted by molar-refractivity contribution is 0.631. The summed E-state index contributed by atoms with van der Waals surface area (Å²) in [7, 11) is 0. The first kappa shape index (κ1) is 30.4. The zero-order valence-corrected chi connectivity index (χ0v) is 30.3. The van der Waals surface area contributed by atoms with E-state index < -0.39 is 10.8 Å². The summed E-state index contributed by atoms with van der Waals surface area (Å²) >= 11 is 0. The normalized spacial score (nSPS) is 19.3. The Balaban J connectivity index is 1.45. The molecule has 0 amide bonds. The van der Waals surface area contributed by atoms with Crippen LogP contribution in [0.15, 0.2) is 176 Å². The van der Waals surface area contributed by atoms with Gasteiger partial charge in [0.25, 0.3) is 0 Å². The van der Waals surface area contributed by atoms with E-state index in [9.17, 15) is 0 Å². The van der Waals surface area contributed by atoms with Gasteiger partial charge in [-0.3, -0.25) is 0 Å². The van der Waals surface area contributed by atoms with Crippen molar-refractivity contribution in [3.63, 3.8) is 0 Å². The third-order valence-corrected chi connectivity index (χ3v) is 12.7. The quantitative estimate of drug-likeness (QED) is 0.160. The van der Waals surface area contributed by atoms with Gasteiger partial charge in [-0.15, -0.1) is 0 Å². The molecule has 11 rings (SSSR count). The number of hydrogen-bond acceptors (Lipinski definition) is 0. The van der Waals surface area contributed by atoms with Crippen molar-refractivity contribution in [2.45, 2.75) is 31.6 Å². The molecule has 2 atom stereocenters. The van der Waals surface area contributed by atoms with Crippen molar-refractivity contribution in [1.82, 2.24) is 0 Å². The van der Waals surface area contributed by atoms with Gasteiger partial charge in [0.2, 0.25) is 0 Å². The summed E-state index contributed by atoms with van der Waals surface area (Å²) in [5.74, 6) is 0. The van der Waals surface area contributed by atoms with Crippen LogP contribution >= 0.6 is 0 Å². The maximum absolute atomic E-state index is 4.47. The van der Waals surface area contributed by atoms with E-state index in [0.717, 1.165) is 0 Å². The Morgan fingerprint density at radius 1 is 0.415 bits per heavy atom. The number of allylic oxidation sites excluding steroid dienone is 5. The highest BCUT2D eigenvalue weighted by Gasteiger charge is 2.59. The van der Waals surface area contributed by atoms with Crippen molar-refractivity contribution >= 4 is 37.9 Å². The summed E-state index contributed by atoms with van der Waals surface area (Å²) in [6, 6.07) is 56.0. The highest BCUT2D eigenvalue weighted by molar-refractivity contribution is 6.26. The standard InChI is InChI=1S/C53H38/c1-5-15-44-34(6-2)42-28-32(3)24-26-46(42)52(44)48-22-13-14-23-49(48)53(45-21-12-11-20-39(45)43-29-33(4)25-27-47(43)53)51-31-41-38-19-10-8-17-36(38)35-16-7-9-18-37(35)40(41)30-50(51)52/h5-31H,2H2,1,3-4H3. The Labute approximate surface area is 311 Å². The average Bonchev–Trinajstić information content (AvgIpc) is 3.63. The predicted octanol–water partition coefficient (Wildman–Crippen LogP) is 13.3. The van der Waals surface area contributed by atoms with Gasteiger partial charge in [0.1, 0.15) is 0 Å². The van der Waals surface area contributed by atoms with Crippen LogP contribution in [-0.2, 0) is 10.8 Å². The molecule has 8 aromatic carbocycles. The second-order valence-corrected chi connectivity index (χ2v) is 15.3. The minimum absolute atomic E-state index is 0.527. The molecule has 2 spiro atoms. The van der Waals surface area contributed by atoms with E-state index in [2.05, 4.69) is 191 Å². The van der Waals surface area contributed by atoms with Crippen molar-refractivity contribution in [3.8, 4) is 11.1 Å². The van der Waals surface area contributed by atoms with Gasteiger partial charge in [0.05, 0.1) is 10.8 Å². The summed E-state index contributed by atoms with van der Waals surface area (Å²) in [5, 5.41) is 7.76. The molecule has 250 valence electrons. The molecule has 0 saturated carbocycles. The lowest BCUT2D eigenvalue weighted by Crippen LogP contribution is -2.44. The fourth-order valence-electron chi connectivity index (χ4n) is 10.9. The monoisotopic (exact) mass is 674 g/mol. The third-order valence-electron chi connectivity index (χ3n) is 12.7. The maximum atomic E-state index is 4.47. The third kappa shape index (κ3) is 3.57. The van der Waals surface area contributed by atoms with Crippen LogP contribution < -0.4 is 0 Å². The first-order valence-electron chi connectivity index (χ1n) is 18.8. The van der Waals surface area contributed by atoms with E-state index in [1.807, 2.05) is 0 Å². The predicted molar refractivity (Wildman–Crippen MR) is 224 cm³/mol. The molecule has 0 saturated heterocycles. The Morgan fingerprint density at radius 3 is 1.45 bits per heavy atom. The van der Waals surface area contributed by atoms with E-state index in [1.54, 1.807) is 0 Å². The summed E-state index contributed by atoms with van der Waals surface area (Å²) in [6.07, 6.45) is 6.69. The Bertz CT molecular complexity index is 3000. The van der Waals surface area contributed by atoms with Crippen LogP contribution in [0.2, 0.25) is 0 Å². The highest BCUT2D eigenvalue weighted by atomic mass is 14.6. The zero-order valence-electron chi connectivity index (χ0n) is 30.3. The molecule has 0 bridgehead atoms. The molecule has 2 unspecified atom stereocenters. The van der Waals surface area contributed by atoms with E-state index in [0.29, 0.717) is 0 Å². The SMILES string of the molecule is C=CC1=C(C=CC)C2(c3ccc(C)cc31)c1ccccc1C1(c3ccccc3-c3cc(C)ccc31)c1cc3c4ccccc4c4ccccc4c3cc12. The smallest absolute Gasteiger partial charge is 0.0720 e. The van der Waals surface area contributed by atoms with Gasteiger partial charge in [0.15, 0.2) is 0 Å². The van der Waals surface area contributed by atoms with Crippen LogP contribution in [0.25, 0.3) is 49.0 Å². The number of aryl methyl sites for hydroxylation is 2. The molecule has 53 heavy (non-hydrogen) atoms. The first-order chi connectivity index (χ1) is 26.0. The molecule has 0 aliphatic heterocycles. The van der Waals surface area contributed by atoms with Crippen molar-refractivity contribution in [1.29, 1.82) is 0 Å².